The van der Waals surface area contributed by atoms with Gasteiger partial charge >= 0.3 is 0 Å². The van der Waals surface area contributed by atoms with E-state index in [1.165, 1.54) is 89.9 Å². The number of Topliss-reactive ketones (excluding diaryl/α,β-unsaturated/α-hetero) is 1. The molecule has 0 aliphatic heterocycles. The monoisotopic (exact) mass is 412 g/mol. The fraction of sp³-hybridized carbons (Fsp3) is 0.923. The van der Waals surface area contributed by atoms with Gasteiger partial charge in [-0.2, -0.15) is 0 Å². The molecule has 3 nitrogen and oxygen atoms in total. The summed E-state index contributed by atoms with van der Waals surface area (Å²) in [6.07, 6.45) is 23.7. The Balaban J connectivity index is 0. The minimum Gasteiger partial charge on any atom is -0.379 e. The molecule has 0 atom stereocenters. The third kappa shape index (κ3) is 35.1. The van der Waals surface area contributed by atoms with Crippen LogP contribution in [0.25, 0.3) is 0 Å². The predicted molar refractivity (Wildman–Crippen MR) is 127 cm³/mol. The van der Waals surface area contributed by atoms with Crippen molar-refractivity contribution in [2.45, 2.75) is 149 Å². The highest BCUT2D eigenvalue weighted by atomic mass is 16.5. The normalized spacial score (nSPS) is 11.1. The lowest BCUT2D eigenvalue weighted by molar-refractivity contribution is -0.117. The molecule has 0 rings (SSSR count). The zero-order valence-electron chi connectivity index (χ0n) is 20.5. The van der Waals surface area contributed by atoms with E-state index >= 15 is 0 Å². The van der Waals surface area contributed by atoms with Gasteiger partial charge in [-0.05, 0) is 40.5 Å². The van der Waals surface area contributed by atoms with Gasteiger partial charge in [0.15, 0.2) is 0 Å². The van der Waals surface area contributed by atoms with E-state index < -0.39 is 0 Å². The van der Waals surface area contributed by atoms with Gasteiger partial charge in [0.05, 0.1) is 5.60 Å². The number of hydrogen-bond donors (Lipinski definition) is 0. The Morgan fingerprint density at radius 3 is 1.17 bits per heavy atom. The van der Waals surface area contributed by atoms with Crippen molar-refractivity contribution in [3.05, 3.63) is 0 Å². The first-order valence-corrected chi connectivity index (χ1v) is 12.3. The fourth-order valence-electron chi connectivity index (χ4n) is 3.08. The Kier molecular flexibility index (Phi) is 24.8. The summed E-state index contributed by atoms with van der Waals surface area (Å²) in [6.45, 7) is 7.75. The van der Waals surface area contributed by atoms with Crippen molar-refractivity contribution in [1.29, 1.82) is 0 Å². The van der Waals surface area contributed by atoms with Crippen LogP contribution in [0.1, 0.15) is 143 Å². The maximum Gasteiger partial charge on any atom is 0.129 e. The summed E-state index contributed by atoms with van der Waals surface area (Å²) in [7, 11) is 1.71. The molecule has 0 fully saturated rings. The summed E-state index contributed by atoms with van der Waals surface area (Å²) in [5, 5.41) is 0. The number of carbonyl (C=O) groups is 2. The molecule has 0 aliphatic rings. The van der Waals surface area contributed by atoms with Crippen molar-refractivity contribution in [3.63, 3.8) is 0 Å². The van der Waals surface area contributed by atoms with Gasteiger partial charge in [0, 0.05) is 20.0 Å². The topological polar surface area (TPSA) is 43.4 Å². The fourth-order valence-corrected chi connectivity index (χ4v) is 3.08. The van der Waals surface area contributed by atoms with Gasteiger partial charge in [-0.15, -0.1) is 0 Å². The van der Waals surface area contributed by atoms with Gasteiger partial charge < -0.3 is 14.3 Å². The minimum atomic E-state index is 0.0417. The molecule has 3 heteroatoms. The number of unbranched alkanes of at least 4 members (excludes halogenated alkanes) is 16. The second-order valence-electron chi connectivity index (χ2n) is 9.38. The van der Waals surface area contributed by atoms with Crippen molar-refractivity contribution in [2.75, 3.05) is 7.11 Å². The first-order valence-electron chi connectivity index (χ1n) is 12.3. The largest absolute Gasteiger partial charge is 0.379 e. The number of aldehydes is 1. The molecule has 29 heavy (non-hydrogen) atoms. The minimum absolute atomic E-state index is 0.0417. The Morgan fingerprint density at radius 1 is 0.655 bits per heavy atom. The second kappa shape index (κ2) is 23.6. The zero-order valence-corrected chi connectivity index (χ0v) is 20.5. The first kappa shape index (κ1) is 30.5. The first-order chi connectivity index (χ1) is 13.8. The average molecular weight is 413 g/mol. The van der Waals surface area contributed by atoms with E-state index in [9.17, 15) is 9.59 Å². The SMILES string of the molecule is CC(=O)CCCCCCCCCCCCCCCCCCC=O.COC(C)(C)C. The lowest BCUT2D eigenvalue weighted by Gasteiger charge is -2.14. The van der Waals surface area contributed by atoms with Gasteiger partial charge in [0.25, 0.3) is 0 Å². The molecule has 0 bridgehead atoms. The maximum atomic E-state index is 10.8. The van der Waals surface area contributed by atoms with Crippen LogP contribution in [0, 0.1) is 0 Å². The van der Waals surface area contributed by atoms with Crippen molar-refractivity contribution in [1.82, 2.24) is 0 Å². The van der Waals surface area contributed by atoms with Crippen LogP contribution in [0.4, 0.5) is 0 Å². The second-order valence-corrected chi connectivity index (χ2v) is 9.38. The van der Waals surface area contributed by atoms with Crippen LogP contribution < -0.4 is 0 Å². The van der Waals surface area contributed by atoms with Gasteiger partial charge in [-0.25, -0.2) is 0 Å². The number of carbonyl (C=O) groups excluding carboxylic acids is 2. The molecule has 0 aromatic rings. The molecule has 0 saturated carbocycles. The summed E-state index contributed by atoms with van der Waals surface area (Å²) in [5.41, 5.74) is 0.0417. The Morgan fingerprint density at radius 2 is 0.931 bits per heavy atom. The van der Waals surface area contributed by atoms with Crippen LogP contribution in [-0.4, -0.2) is 24.8 Å². The number of rotatable bonds is 19. The molecule has 0 aliphatic carbocycles. The van der Waals surface area contributed by atoms with E-state index in [0.29, 0.717) is 5.78 Å². The van der Waals surface area contributed by atoms with Crippen molar-refractivity contribution >= 4 is 12.1 Å². The van der Waals surface area contributed by atoms with E-state index in [2.05, 4.69) is 0 Å². The Hall–Kier alpha value is -0.700. The lowest BCUT2D eigenvalue weighted by atomic mass is 10.0. The van der Waals surface area contributed by atoms with Crippen LogP contribution in [0.3, 0.4) is 0 Å². The van der Waals surface area contributed by atoms with Crippen LogP contribution in [0.5, 0.6) is 0 Å². The molecule has 0 N–H and O–H groups in total. The van der Waals surface area contributed by atoms with Crippen LogP contribution in [0.2, 0.25) is 0 Å². The quantitative estimate of drug-likeness (QED) is 0.158. The molecule has 0 heterocycles. The molecule has 0 amide bonds. The maximum absolute atomic E-state index is 10.8. The van der Waals surface area contributed by atoms with Crippen LogP contribution in [0.15, 0.2) is 0 Å². The van der Waals surface area contributed by atoms with Crippen LogP contribution in [-0.2, 0) is 14.3 Å². The highest BCUT2D eigenvalue weighted by Crippen LogP contribution is 2.14. The Bertz CT molecular complexity index is 344. The molecular formula is C26H52O3. The van der Waals surface area contributed by atoms with E-state index in [1.54, 1.807) is 14.0 Å². The third-order valence-corrected chi connectivity index (χ3v) is 5.21. The van der Waals surface area contributed by atoms with Gasteiger partial charge in [0.1, 0.15) is 12.1 Å². The lowest BCUT2D eigenvalue weighted by Crippen LogP contribution is -2.15. The summed E-state index contributed by atoms with van der Waals surface area (Å²) in [5.74, 6) is 0.336. The average Bonchev–Trinajstić information content (AvgIpc) is 2.66. The molecule has 0 saturated heterocycles. The van der Waals surface area contributed by atoms with E-state index in [4.69, 9.17) is 4.74 Å². The van der Waals surface area contributed by atoms with E-state index in [-0.39, 0.29) is 5.60 Å². The summed E-state index contributed by atoms with van der Waals surface area (Å²) >= 11 is 0. The third-order valence-electron chi connectivity index (χ3n) is 5.21. The highest BCUT2D eigenvalue weighted by Gasteiger charge is 2.04. The number of methoxy groups -OCH3 is 1. The van der Waals surface area contributed by atoms with Gasteiger partial charge in [0.2, 0.25) is 0 Å². The van der Waals surface area contributed by atoms with Crippen LogP contribution >= 0.6 is 0 Å². The van der Waals surface area contributed by atoms with Gasteiger partial charge in [-0.1, -0.05) is 89.9 Å². The molecule has 0 aromatic heterocycles. The predicted octanol–water partition coefficient (Wildman–Crippen LogP) is 8.23. The van der Waals surface area contributed by atoms with Gasteiger partial charge in [-0.3, -0.25) is 0 Å². The smallest absolute Gasteiger partial charge is 0.129 e. The standard InChI is InChI=1S/C21H40O2.C5H12O/c1-21(23)19-17-15-13-11-9-7-5-3-2-4-6-8-10-12-14-16-18-20-22;1-5(2,3)6-4/h20H,2-19H2,1H3;1-4H3. The van der Waals surface area contributed by atoms with Crippen molar-refractivity contribution in [2.24, 2.45) is 0 Å². The van der Waals surface area contributed by atoms with E-state index in [0.717, 1.165) is 32.0 Å². The molecule has 174 valence electrons. The summed E-state index contributed by atoms with van der Waals surface area (Å²) < 4.78 is 4.94. The molecule has 0 unspecified atom stereocenters. The zero-order chi connectivity index (χ0) is 22.2. The molecule has 0 radical (unpaired) electrons. The highest BCUT2D eigenvalue weighted by molar-refractivity contribution is 5.75. The van der Waals surface area contributed by atoms with Crippen molar-refractivity contribution < 1.29 is 14.3 Å². The molecule has 0 spiro atoms. The molecular weight excluding hydrogens is 360 g/mol. The molecule has 0 aromatic carbocycles. The number of ether oxygens (including phenoxy) is 1. The van der Waals surface area contributed by atoms with Crippen molar-refractivity contribution in [3.8, 4) is 0 Å². The summed E-state index contributed by atoms with van der Waals surface area (Å²) in [6, 6.07) is 0. The Labute approximate surface area is 182 Å². The number of ketones is 1. The summed E-state index contributed by atoms with van der Waals surface area (Å²) in [4.78, 5) is 21.0. The number of hydrogen-bond acceptors (Lipinski definition) is 3. The van der Waals surface area contributed by atoms with E-state index in [1.807, 2.05) is 20.8 Å².